The van der Waals surface area contributed by atoms with Crippen molar-refractivity contribution in [1.82, 2.24) is 4.57 Å². The summed E-state index contributed by atoms with van der Waals surface area (Å²) in [6, 6.07) is 11.1. The highest BCUT2D eigenvalue weighted by atomic mass is 16.5. The van der Waals surface area contributed by atoms with Gasteiger partial charge in [0.2, 0.25) is 0 Å². The predicted octanol–water partition coefficient (Wildman–Crippen LogP) is 2.76. The zero-order valence-corrected chi connectivity index (χ0v) is 14.8. The lowest BCUT2D eigenvalue weighted by Gasteiger charge is -2.30. The van der Waals surface area contributed by atoms with Crippen LogP contribution in [-0.4, -0.2) is 36.4 Å². The molecule has 7 nitrogen and oxygen atoms in total. The lowest BCUT2D eigenvalue weighted by atomic mass is 10.0. The number of methoxy groups -OCH3 is 1. The molecule has 1 N–H and O–H groups in total. The monoisotopic (exact) mass is 353 g/mol. The minimum Gasteiger partial charge on any atom is -0.505 e. The minimum absolute atomic E-state index is 0.0511. The molecule has 0 radical (unpaired) electrons. The SMILES string of the molecule is CCOC(=O)c1c(O)cc2n1CC(C#N)=C(c1ccc(OC)cc1)N2C. The first-order chi connectivity index (χ1) is 12.5. The minimum atomic E-state index is -0.616. The van der Waals surface area contributed by atoms with Gasteiger partial charge < -0.3 is 24.0 Å². The van der Waals surface area contributed by atoms with E-state index < -0.39 is 5.97 Å². The van der Waals surface area contributed by atoms with E-state index in [4.69, 9.17) is 9.47 Å². The maximum absolute atomic E-state index is 12.2. The van der Waals surface area contributed by atoms with Crippen molar-refractivity contribution in [3.63, 3.8) is 0 Å². The third kappa shape index (κ3) is 2.75. The van der Waals surface area contributed by atoms with Crippen LogP contribution in [0.4, 0.5) is 5.82 Å². The molecule has 0 aliphatic carbocycles. The molecule has 0 bridgehead atoms. The van der Waals surface area contributed by atoms with Gasteiger partial charge >= 0.3 is 5.97 Å². The van der Waals surface area contributed by atoms with Gasteiger partial charge in [-0.2, -0.15) is 5.26 Å². The maximum Gasteiger partial charge on any atom is 0.358 e. The van der Waals surface area contributed by atoms with Crippen LogP contribution in [0.5, 0.6) is 11.5 Å². The van der Waals surface area contributed by atoms with Gasteiger partial charge in [0.15, 0.2) is 5.69 Å². The van der Waals surface area contributed by atoms with Crippen LogP contribution in [0.15, 0.2) is 35.9 Å². The molecule has 0 saturated heterocycles. The largest absolute Gasteiger partial charge is 0.505 e. The van der Waals surface area contributed by atoms with Crippen LogP contribution >= 0.6 is 0 Å². The Morgan fingerprint density at radius 3 is 2.62 bits per heavy atom. The van der Waals surface area contributed by atoms with Gasteiger partial charge in [0.25, 0.3) is 0 Å². The summed E-state index contributed by atoms with van der Waals surface area (Å²) in [4.78, 5) is 14.0. The average molecular weight is 353 g/mol. The number of nitriles is 1. The molecule has 0 spiro atoms. The van der Waals surface area contributed by atoms with Gasteiger partial charge in [0, 0.05) is 13.1 Å². The summed E-state index contributed by atoms with van der Waals surface area (Å²) in [7, 11) is 3.38. The summed E-state index contributed by atoms with van der Waals surface area (Å²) in [5, 5.41) is 19.9. The molecule has 0 atom stereocenters. The molecule has 1 aliphatic rings. The highest BCUT2D eigenvalue weighted by Crippen LogP contribution is 2.39. The van der Waals surface area contributed by atoms with Crippen LogP contribution in [0.1, 0.15) is 23.0 Å². The Labute approximate surface area is 151 Å². The molecule has 2 heterocycles. The van der Waals surface area contributed by atoms with E-state index in [2.05, 4.69) is 6.07 Å². The van der Waals surface area contributed by atoms with Gasteiger partial charge in [-0.3, -0.25) is 0 Å². The number of benzene rings is 1. The van der Waals surface area contributed by atoms with Crippen molar-refractivity contribution < 1.29 is 19.4 Å². The van der Waals surface area contributed by atoms with E-state index in [0.717, 1.165) is 17.0 Å². The molecule has 3 rings (SSSR count). The van der Waals surface area contributed by atoms with E-state index in [1.807, 2.05) is 24.3 Å². The standard InChI is InChI=1S/C19H19N3O4/c1-4-26-19(24)18-15(23)9-16-21(2)17(13(10-20)11-22(16)18)12-5-7-14(25-3)8-6-12/h5-9,23H,4,11H2,1-3H3. The number of esters is 1. The van der Waals surface area contributed by atoms with Crippen molar-refractivity contribution in [3.05, 3.63) is 47.2 Å². The number of anilines is 1. The molecule has 0 unspecified atom stereocenters. The second-order valence-corrected chi connectivity index (χ2v) is 5.77. The number of hydrogen-bond acceptors (Lipinski definition) is 6. The summed E-state index contributed by atoms with van der Waals surface area (Å²) >= 11 is 0. The van der Waals surface area contributed by atoms with Gasteiger partial charge in [-0.05, 0) is 36.8 Å². The number of aromatic nitrogens is 1. The molecule has 1 aromatic carbocycles. The van der Waals surface area contributed by atoms with E-state index in [1.165, 1.54) is 6.07 Å². The van der Waals surface area contributed by atoms with E-state index in [-0.39, 0.29) is 24.6 Å². The van der Waals surface area contributed by atoms with Crippen LogP contribution in [-0.2, 0) is 11.3 Å². The topological polar surface area (TPSA) is 87.7 Å². The number of aromatic hydroxyl groups is 1. The summed E-state index contributed by atoms with van der Waals surface area (Å²) < 4.78 is 11.8. The van der Waals surface area contributed by atoms with Crippen molar-refractivity contribution in [1.29, 1.82) is 5.26 Å². The molecular weight excluding hydrogens is 334 g/mol. The van der Waals surface area contributed by atoms with Gasteiger partial charge in [-0.25, -0.2) is 4.79 Å². The van der Waals surface area contributed by atoms with E-state index in [9.17, 15) is 15.2 Å². The number of hydrogen-bond donors (Lipinski definition) is 1. The second-order valence-electron chi connectivity index (χ2n) is 5.77. The zero-order chi connectivity index (χ0) is 18.8. The highest BCUT2D eigenvalue weighted by molar-refractivity contribution is 5.94. The predicted molar refractivity (Wildman–Crippen MR) is 96.0 cm³/mol. The molecule has 26 heavy (non-hydrogen) atoms. The summed E-state index contributed by atoms with van der Waals surface area (Å²) in [6.07, 6.45) is 0. The zero-order valence-electron chi connectivity index (χ0n) is 14.8. The van der Waals surface area contributed by atoms with Crippen LogP contribution in [0, 0.1) is 11.3 Å². The molecule has 2 aromatic rings. The smallest absolute Gasteiger partial charge is 0.358 e. The van der Waals surface area contributed by atoms with Crippen LogP contribution in [0.25, 0.3) is 5.70 Å². The number of rotatable bonds is 4. The number of carbonyl (C=O) groups excluding carboxylic acids is 1. The average Bonchev–Trinajstić information content (AvgIpc) is 2.98. The Balaban J connectivity index is 2.09. The molecule has 0 fully saturated rings. The fraction of sp³-hybridized carbons (Fsp3) is 0.263. The lowest BCUT2D eigenvalue weighted by Crippen LogP contribution is -2.28. The number of fused-ring (bicyclic) bond motifs is 1. The molecule has 1 aliphatic heterocycles. The summed E-state index contributed by atoms with van der Waals surface area (Å²) in [5.41, 5.74) is 2.09. The molecule has 0 saturated carbocycles. The van der Waals surface area contributed by atoms with Gasteiger partial charge in [-0.1, -0.05) is 0 Å². The summed E-state index contributed by atoms with van der Waals surface area (Å²) in [6.45, 7) is 2.07. The Morgan fingerprint density at radius 2 is 2.04 bits per heavy atom. The molecule has 1 aromatic heterocycles. The maximum atomic E-state index is 12.2. The van der Waals surface area contributed by atoms with E-state index in [0.29, 0.717) is 11.4 Å². The van der Waals surface area contributed by atoms with Crippen molar-refractivity contribution in [2.24, 2.45) is 0 Å². The van der Waals surface area contributed by atoms with E-state index in [1.54, 1.807) is 30.5 Å². The molecule has 134 valence electrons. The fourth-order valence-electron chi connectivity index (χ4n) is 3.13. The lowest BCUT2D eigenvalue weighted by molar-refractivity contribution is 0.0511. The van der Waals surface area contributed by atoms with Crippen LogP contribution in [0.2, 0.25) is 0 Å². The van der Waals surface area contributed by atoms with Gasteiger partial charge in [0.05, 0.1) is 37.6 Å². The quantitative estimate of drug-likeness (QED) is 0.851. The number of allylic oxidation sites excluding steroid dienone is 1. The normalized spacial score (nSPS) is 13.2. The van der Waals surface area contributed by atoms with Crippen molar-refractivity contribution in [2.75, 3.05) is 25.7 Å². The molecular formula is C19H19N3O4. The number of carbonyl (C=O) groups is 1. The third-order valence-corrected chi connectivity index (χ3v) is 4.30. The number of ether oxygens (including phenoxy) is 2. The van der Waals surface area contributed by atoms with Crippen LogP contribution in [0.3, 0.4) is 0 Å². The Hall–Kier alpha value is -3.40. The molecule has 7 heteroatoms. The first-order valence-electron chi connectivity index (χ1n) is 8.12. The summed E-state index contributed by atoms with van der Waals surface area (Å²) in [5.74, 6) is 0.542. The highest BCUT2D eigenvalue weighted by Gasteiger charge is 2.31. The Bertz CT molecular complexity index is 919. The third-order valence-electron chi connectivity index (χ3n) is 4.30. The van der Waals surface area contributed by atoms with Gasteiger partial charge in [0.1, 0.15) is 17.3 Å². The first kappa shape index (κ1) is 17.4. The van der Waals surface area contributed by atoms with Crippen molar-refractivity contribution in [3.8, 4) is 17.6 Å². The Morgan fingerprint density at radius 1 is 1.35 bits per heavy atom. The second kappa shape index (κ2) is 6.84. The number of nitrogens with zero attached hydrogens (tertiary/aromatic N) is 3. The van der Waals surface area contributed by atoms with E-state index >= 15 is 0 Å². The van der Waals surface area contributed by atoms with Crippen LogP contribution < -0.4 is 9.64 Å². The molecule has 0 amide bonds. The Kier molecular flexibility index (Phi) is 4.59. The van der Waals surface area contributed by atoms with Gasteiger partial charge in [-0.15, -0.1) is 0 Å². The first-order valence-corrected chi connectivity index (χ1v) is 8.12. The van der Waals surface area contributed by atoms with Crippen molar-refractivity contribution >= 4 is 17.5 Å². The fourth-order valence-corrected chi connectivity index (χ4v) is 3.13. The van der Waals surface area contributed by atoms with Crippen molar-refractivity contribution in [2.45, 2.75) is 13.5 Å².